The minimum atomic E-state index is -1.09. The molecule has 0 aliphatic carbocycles. The molecule has 2 aromatic rings. The lowest BCUT2D eigenvalue weighted by molar-refractivity contribution is -0.147. The van der Waals surface area contributed by atoms with E-state index in [2.05, 4.69) is 10.1 Å². The summed E-state index contributed by atoms with van der Waals surface area (Å²) >= 11 is 0. The van der Waals surface area contributed by atoms with Crippen LogP contribution in [0.5, 0.6) is 0 Å². The number of ether oxygens (including phenoxy) is 2. The Morgan fingerprint density at radius 3 is 2.03 bits per heavy atom. The molecule has 0 unspecified atom stereocenters. The fourth-order valence-electron chi connectivity index (χ4n) is 2.40. The zero-order valence-electron chi connectivity index (χ0n) is 15.7. The number of Topliss-reactive ketones (excluding diaryl/α,β-unsaturated/α-hetero) is 1. The van der Waals surface area contributed by atoms with Gasteiger partial charge in [-0.05, 0) is 17.5 Å². The zero-order chi connectivity index (χ0) is 20.9. The van der Waals surface area contributed by atoms with Crippen molar-refractivity contribution in [3.05, 3.63) is 77.3 Å². The molecule has 1 atom stereocenters. The molecule has 0 heterocycles. The number of hydrogen-bond acceptors (Lipinski definition) is 5. The minimum Gasteiger partial charge on any atom is -0.459 e. The van der Waals surface area contributed by atoms with Crippen molar-refractivity contribution < 1.29 is 28.6 Å². The summed E-state index contributed by atoms with van der Waals surface area (Å²) < 4.78 is 10.4. The molecule has 0 saturated carbocycles. The summed E-state index contributed by atoms with van der Waals surface area (Å²) in [6, 6.07) is 17.0. The van der Waals surface area contributed by atoms with Crippen LogP contribution in [0.2, 0.25) is 0 Å². The molecule has 0 bridgehead atoms. The smallest absolute Gasteiger partial charge is 0.408 e. The number of carbonyl (C=O) groups is 3. The van der Waals surface area contributed by atoms with Crippen LogP contribution < -0.4 is 5.32 Å². The van der Waals surface area contributed by atoms with Crippen molar-refractivity contribution in [3.8, 4) is 0 Å². The maximum absolute atomic E-state index is 12.4. The van der Waals surface area contributed by atoms with Gasteiger partial charge >= 0.3 is 18.3 Å². The van der Waals surface area contributed by atoms with Crippen LogP contribution in [-0.2, 0) is 32.3 Å². The topological polar surface area (TPSA) is 118 Å². The fourth-order valence-corrected chi connectivity index (χ4v) is 2.40. The second-order valence-electron chi connectivity index (χ2n) is 6.10. The number of nitrogens with zero attached hydrogens (tertiary/aromatic N) is 2. The van der Waals surface area contributed by atoms with E-state index in [0.29, 0.717) is 0 Å². The van der Waals surface area contributed by atoms with E-state index in [0.717, 1.165) is 17.3 Å². The molecule has 0 aliphatic rings. The van der Waals surface area contributed by atoms with Gasteiger partial charge in [-0.25, -0.2) is 9.59 Å². The van der Waals surface area contributed by atoms with Crippen molar-refractivity contribution in [1.82, 2.24) is 5.32 Å². The quantitative estimate of drug-likeness (QED) is 0.287. The van der Waals surface area contributed by atoms with Crippen molar-refractivity contribution in [1.29, 1.82) is 0 Å². The van der Waals surface area contributed by atoms with Gasteiger partial charge in [-0.15, -0.1) is 0 Å². The maximum Gasteiger partial charge on any atom is 0.408 e. The first-order valence-corrected chi connectivity index (χ1v) is 8.96. The van der Waals surface area contributed by atoms with Gasteiger partial charge in [0.1, 0.15) is 19.3 Å². The van der Waals surface area contributed by atoms with Crippen molar-refractivity contribution in [2.24, 2.45) is 0 Å². The van der Waals surface area contributed by atoms with Crippen molar-refractivity contribution in [3.63, 3.8) is 0 Å². The molecule has 1 N–H and O–H groups in total. The Kier molecular flexibility index (Phi) is 8.79. The molecule has 0 fully saturated rings. The average Bonchev–Trinajstić information content (AvgIpc) is 2.75. The lowest BCUT2D eigenvalue weighted by Gasteiger charge is -2.17. The third-order valence-electron chi connectivity index (χ3n) is 3.89. The zero-order valence-corrected chi connectivity index (χ0v) is 15.7. The lowest BCUT2D eigenvalue weighted by atomic mass is 10.1. The Hall–Kier alpha value is -3.77. The highest BCUT2D eigenvalue weighted by Gasteiger charge is 2.24. The van der Waals surface area contributed by atoms with Crippen molar-refractivity contribution in [2.45, 2.75) is 32.1 Å². The summed E-state index contributed by atoms with van der Waals surface area (Å²) in [5.74, 6) is -1.19. The highest BCUT2D eigenvalue weighted by atomic mass is 16.6. The summed E-state index contributed by atoms with van der Waals surface area (Å²) in [5.41, 5.74) is 9.99. The molecule has 0 saturated heterocycles. The number of ketones is 1. The van der Waals surface area contributed by atoms with E-state index in [-0.39, 0.29) is 26.1 Å². The van der Waals surface area contributed by atoms with Gasteiger partial charge in [0.2, 0.25) is 5.78 Å². The Balaban J connectivity index is 1.93. The molecule has 0 aromatic heterocycles. The Labute approximate surface area is 168 Å². The van der Waals surface area contributed by atoms with Gasteiger partial charge in [0.15, 0.2) is 0 Å². The molecule has 2 aromatic carbocycles. The van der Waals surface area contributed by atoms with Gasteiger partial charge < -0.3 is 20.3 Å². The van der Waals surface area contributed by atoms with Gasteiger partial charge in [-0.3, -0.25) is 4.79 Å². The normalized spacial score (nSPS) is 10.9. The summed E-state index contributed by atoms with van der Waals surface area (Å²) in [4.78, 5) is 38.7. The number of rotatable bonds is 10. The van der Waals surface area contributed by atoms with E-state index in [1.807, 2.05) is 36.4 Å². The molecule has 8 nitrogen and oxygen atoms in total. The Morgan fingerprint density at radius 1 is 0.931 bits per heavy atom. The third kappa shape index (κ3) is 8.19. The van der Waals surface area contributed by atoms with Gasteiger partial charge in [0.05, 0.1) is 0 Å². The van der Waals surface area contributed by atoms with Crippen molar-refractivity contribution >= 4 is 24.1 Å². The first-order valence-electron chi connectivity index (χ1n) is 8.96. The monoisotopic (exact) mass is 395 g/mol. The van der Waals surface area contributed by atoms with E-state index in [4.69, 9.17) is 15.0 Å². The molecule has 0 radical (unpaired) electrons. The Morgan fingerprint density at radius 2 is 1.48 bits per heavy atom. The summed E-state index contributed by atoms with van der Waals surface area (Å²) in [6.45, 7) is 0.0670. The van der Waals surface area contributed by atoms with Gasteiger partial charge in [0, 0.05) is 6.42 Å². The van der Waals surface area contributed by atoms with E-state index >= 15 is 0 Å². The lowest BCUT2D eigenvalue weighted by Crippen LogP contribution is -2.42. The highest BCUT2D eigenvalue weighted by Crippen LogP contribution is 2.07. The van der Waals surface area contributed by atoms with Gasteiger partial charge in [0.25, 0.3) is 0 Å². The predicted octanol–water partition coefficient (Wildman–Crippen LogP) is 2.67. The van der Waals surface area contributed by atoms with E-state index in [9.17, 15) is 14.4 Å². The summed E-state index contributed by atoms with van der Waals surface area (Å²) in [7, 11) is 0. The van der Waals surface area contributed by atoms with Crippen LogP contribution in [0.15, 0.2) is 60.7 Å². The van der Waals surface area contributed by atoms with E-state index < -0.39 is 23.9 Å². The Bertz CT molecular complexity index is 864. The predicted molar refractivity (Wildman–Crippen MR) is 104 cm³/mol. The standard InChI is InChI=1S/C21H21N3O5/c22-23-13-18(25)11-12-19(20(26)28-14-16-7-3-1-4-8-16)24-21(27)29-15-17-9-5-2-6-10-17/h1-10,13,19H,11-12,14-15H2,(H,24,27)/t19-/m1/s1. The maximum atomic E-state index is 12.4. The highest BCUT2D eigenvalue weighted by molar-refractivity contribution is 6.25. The van der Waals surface area contributed by atoms with Crippen LogP contribution >= 0.6 is 0 Å². The summed E-state index contributed by atoms with van der Waals surface area (Å²) in [5, 5.41) is 2.43. The number of benzene rings is 2. The van der Waals surface area contributed by atoms with Crippen LogP contribution in [0.25, 0.3) is 5.53 Å². The molecule has 1 amide bonds. The molecular weight excluding hydrogens is 374 g/mol. The molecule has 29 heavy (non-hydrogen) atoms. The second-order valence-corrected chi connectivity index (χ2v) is 6.10. The number of nitrogens with one attached hydrogen (secondary N) is 1. The van der Waals surface area contributed by atoms with E-state index in [1.54, 1.807) is 24.3 Å². The molecule has 0 aliphatic heterocycles. The van der Waals surface area contributed by atoms with E-state index in [1.165, 1.54) is 0 Å². The molecular formula is C21H21N3O5. The van der Waals surface area contributed by atoms with Crippen LogP contribution in [0.4, 0.5) is 4.79 Å². The molecule has 2 rings (SSSR count). The molecule has 0 spiro atoms. The number of alkyl carbamates (subject to hydrolysis) is 1. The van der Waals surface area contributed by atoms with Crippen LogP contribution in [0.1, 0.15) is 24.0 Å². The number of esters is 1. The number of amides is 1. The minimum absolute atomic E-state index is 0.0289. The fraction of sp³-hybridized carbons (Fsp3) is 0.238. The SMILES string of the molecule is [N-]=[N+]=CC(=O)CC[C@@H](NC(=O)OCc1ccccc1)C(=O)OCc1ccccc1. The summed E-state index contributed by atoms with van der Waals surface area (Å²) in [6.07, 6.45) is -0.216. The van der Waals surface area contributed by atoms with Crippen LogP contribution in [0.3, 0.4) is 0 Å². The average molecular weight is 395 g/mol. The first kappa shape index (κ1) is 21.5. The number of carbonyl (C=O) groups excluding carboxylic acids is 3. The molecule has 150 valence electrons. The van der Waals surface area contributed by atoms with Crippen LogP contribution in [-0.4, -0.2) is 34.9 Å². The first-order chi connectivity index (χ1) is 14.1. The van der Waals surface area contributed by atoms with Crippen LogP contribution in [0, 0.1) is 0 Å². The largest absolute Gasteiger partial charge is 0.459 e. The van der Waals surface area contributed by atoms with Crippen molar-refractivity contribution in [2.75, 3.05) is 0 Å². The number of hydrogen-bond donors (Lipinski definition) is 1. The van der Waals surface area contributed by atoms with Gasteiger partial charge in [-0.1, -0.05) is 60.7 Å². The van der Waals surface area contributed by atoms with Gasteiger partial charge in [-0.2, -0.15) is 4.79 Å². The second kappa shape index (κ2) is 11.8. The third-order valence-corrected chi connectivity index (χ3v) is 3.89. The molecule has 8 heteroatoms.